The van der Waals surface area contributed by atoms with E-state index < -0.39 is 0 Å². The lowest BCUT2D eigenvalue weighted by Gasteiger charge is -2.42. The van der Waals surface area contributed by atoms with Crippen molar-refractivity contribution < 1.29 is 14.3 Å². The first-order chi connectivity index (χ1) is 12.5. The number of hydrogen-bond donors (Lipinski definition) is 1. The first kappa shape index (κ1) is 18.1. The quantitative estimate of drug-likeness (QED) is 0.629. The van der Waals surface area contributed by atoms with Gasteiger partial charge in [0, 0.05) is 18.6 Å². The van der Waals surface area contributed by atoms with Crippen LogP contribution in [-0.4, -0.2) is 38.3 Å². The maximum Gasteiger partial charge on any atom is 0.337 e. The van der Waals surface area contributed by atoms with E-state index in [2.05, 4.69) is 48.3 Å². The summed E-state index contributed by atoms with van der Waals surface area (Å²) in [6.07, 6.45) is 0.920. The van der Waals surface area contributed by atoms with E-state index >= 15 is 0 Å². The molecule has 0 fully saturated rings. The summed E-state index contributed by atoms with van der Waals surface area (Å²) in [5, 5.41) is 3.59. The normalized spacial score (nSPS) is 15.0. The minimum Gasteiger partial charge on any atom is -0.494 e. The zero-order valence-electron chi connectivity index (χ0n) is 15.6. The van der Waals surface area contributed by atoms with Crippen LogP contribution in [0.5, 0.6) is 5.75 Å². The Morgan fingerprint density at radius 2 is 1.88 bits per heavy atom. The molecule has 0 amide bonds. The van der Waals surface area contributed by atoms with Crippen molar-refractivity contribution in [1.82, 2.24) is 0 Å². The number of esters is 1. The third kappa shape index (κ3) is 4.28. The van der Waals surface area contributed by atoms with Crippen LogP contribution in [0.4, 0.5) is 11.4 Å². The molecule has 5 heteroatoms. The first-order valence-corrected chi connectivity index (χ1v) is 8.92. The van der Waals surface area contributed by atoms with Gasteiger partial charge in [0.05, 0.1) is 30.7 Å². The summed E-state index contributed by atoms with van der Waals surface area (Å²) < 4.78 is 10.5. The molecule has 1 N–H and O–H groups in total. The number of nitrogens with zero attached hydrogens (tertiary/aromatic N) is 1. The summed E-state index contributed by atoms with van der Waals surface area (Å²) in [6.45, 7) is 6.95. The van der Waals surface area contributed by atoms with Gasteiger partial charge in [-0.2, -0.15) is 0 Å². The molecule has 0 saturated heterocycles. The summed E-state index contributed by atoms with van der Waals surface area (Å²) in [7, 11) is 1.38. The second kappa shape index (κ2) is 7.68. The summed E-state index contributed by atoms with van der Waals surface area (Å²) in [5.41, 5.74) is 3.00. The van der Waals surface area contributed by atoms with Crippen LogP contribution < -0.4 is 15.0 Å². The Balaban J connectivity index is 1.53. The van der Waals surface area contributed by atoms with Crippen molar-refractivity contribution in [3.05, 3.63) is 54.1 Å². The highest BCUT2D eigenvalue weighted by molar-refractivity contribution is 5.89. The van der Waals surface area contributed by atoms with Gasteiger partial charge in [0.1, 0.15) is 5.75 Å². The van der Waals surface area contributed by atoms with Crippen molar-refractivity contribution in [1.29, 1.82) is 0 Å². The van der Waals surface area contributed by atoms with Crippen molar-refractivity contribution in [3.8, 4) is 5.75 Å². The van der Waals surface area contributed by atoms with E-state index in [1.54, 1.807) is 24.3 Å². The van der Waals surface area contributed by atoms with Gasteiger partial charge in [0.15, 0.2) is 0 Å². The fourth-order valence-corrected chi connectivity index (χ4v) is 3.27. The van der Waals surface area contributed by atoms with Crippen LogP contribution in [0, 0.1) is 0 Å². The van der Waals surface area contributed by atoms with Crippen molar-refractivity contribution in [2.75, 3.05) is 37.0 Å². The van der Waals surface area contributed by atoms with Gasteiger partial charge in [0.2, 0.25) is 0 Å². The van der Waals surface area contributed by atoms with Crippen LogP contribution in [0.2, 0.25) is 0 Å². The van der Waals surface area contributed by atoms with Gasteiger partial charge in [-0.15, -0.1) is 0 Å². The molecule has 1 heterocycles. The van der Waals surface area contributed by atoms with E-state index in [-0.39, 0.29) is 11.5 Å². The summed E-state index contributed by atoms with van der Waals surface area (Å²) in [4.78, 5) is 13.9. The number of benzene rings is 2. The monoisotopic (exact) mass is 354 g/mol. The molecule has 3 rings (SSSR count). The highest BCUT2D eigenvalue weighted by atomic mass is 16.5. The van der Waals surface area contributed by atoms with Crippen LogP contribution in [0.15, 0.2) is 48.5 Å². The Morgan fingerprint density at radius 1 is 1.15 bits per heavy atom. The fraction of sp³-hybridized carbons (Fsp3) is 0.381. The molecule has 0 bridgehead atoms. The number of carbonyl (C=O) groups excluding carboxylic acids is 1. The molecule has 1 aliphatic rings. The zero-order valence-corrected chi connectivity index (χ0v) is 15.6. The third-order valence-corrected chi connectivity index (χ3v) is 4.42. The van der Waals surface area contributed by atoms with Crippen molar-refractivity contribution >= 4 is 17.3 Å². The van der Waals surface area contributed by atoms with Gasteiger partial charge in [-0.3, -0.25) is 0 Å². The lowest BCUT2D eigenvalue weighted by molar-refractivity contribution is 0.0600. The maximum absolute atomic E-state index is 11.4. The topological polar surface area (TPSA) is 50.8 Å². The smallest absolute Gasteiger partial charge is 0.337 e. The van der Waals surface area contributed by atoms with E-state index in [1.807, 2.05) is 0 Å². The predicted octanol–water partition coefficient (Wildman–Crippen LogP) is 3.95. The Labute approximate surface area is 154 Å². The number of para-hydroxylation sites is 2. The van der Waals surface area contributed by atoms with Crippen molar-refractivity contribution in [2.45, 2.75) is 25.8 Å². The largest absolute Gasteiger partial charge is 0.494 e. The van der Waals surface area contributed by atoms with Gasteiger partial charge in [-0.1, -0.05) is 12.1 Å². The first-order valence-electron chi connectivity index (χ1n) is 8.92. The Morgan fingerprint density at radius 3 is 2.62 bits per heavy atom. The van der Waals surface area contributed by atoms with E-state index in [4.69, 9.17) is 9.47 Å². The van der Waals surface area contributed by atoms with Crippen LogP contribution in [0.25, 0.3) is 0 Å². The summed E-state index contributed by atoms with van der Waals surface area (Å²) in [6, 6.07) is 15.5. The molecule has 138 valence electrons. The average Bonchev–Trinajstić information content (AvgIpc) is 2.64. The molecule has 0 atom stereocenters. The predicted molar refractivity (Wildman–Crippen MR) is 104 cm³/mol. The number of methoxy groups -OCH3 is 1. The van der Waals surface area contributed by atoms with Crippen molar-refractivity contribution in [2.24, 2.45) is 0 Å². The molecule has 0 aliphatic carbocycles. The lowest BCUT2D eigenvalue weighted by atomic mass is 9.99. The number of carbonyl (C=O) groups is 1. The van der Waals surface area contributed by atoms with E-state index in [1.165, 1.54) is 18.5 Å². The molecule has 0 aromatic heterocycles. The lowest BCUT2D eigenvalue weighted by Crippen LogP contribution is -2.48. The number of nitrogens with one attached hydrogen (secondary N) is 1. The molecule has 1 aliphatic heterocycles. The fourth-order valence-electron chi connectivity index (χ4n) is 3.27. The molecule has 26 heavy (non-hydrogen) atoms. The van der Waals surface area contributed by atoms with Gasteiger partial charge in [0.25, 0.3) is 0 Å². The minimum atomic E-state index is -0.337. The van der Waals surface area contributed by atoms with Gasteiger partial charge in [-0.05, 0) is 56.7 Å². The summed E-state index contributed by atoms with van der Waals surface area (Å²) in [5.74, 6) is 0.426. The minimum absolute atomic E-state index is 0.0406. The van der Waals surface area contributed by atoms with Crippen LogP contribution in [0.1, 0.15) is 30.6 Å². The van der Waals surface area contributed by atoms with Gasteiger partial charge in [-0.25, -0.2) is 4.79 Å². The highest BCUT2D eigenvalue weighted by Gasteiger charge is 2.28. The second-order valence-corrected chi connectivity index (χ2v) is 7.17. The van der Waals surface area contributed by atoms with Crippen LogP contribution >= 0.6 is 0 Å². The molecular weight excluding hydrogens is 328 g/mol. The molecule has 2 aromatic carbocycles. The summed E-state index contributed by atoms with van der Waals surface area (Å²) >= 11 is 0. The van der Waals surface area contributed by atoms with Crippen LogP contribution in [-0.2, 0) is 4.74 Å². The maximum atomic E-state index is 11.4. The molecule has 0 saturated carbocycles. The molecule has 0 spiro atoms. The molecular formula is C21H26N2O3. The SMILES string of the molecule is COC(=O)c1ccc(OCCCN2CC(C)(C)Nc3ccccc32)cc1. The number of fused-ring (bicyclic) bond motifs is 1. The number of hydrogen-bond acceptors (Lipinski definition) is 5. The number of anilines is 2. The standard InChI is InChI=1S/C21H26N2O3/c1-21(2)15-23(19-8-5-4-7-18(19)22-21)13-6-14-26-17-11-9-16(10-12-17)20(24)25-3/h4-5,7-12,22H,6,13-15H2,1-3H3. The number of ether oxygens (including phenoxy) is 2. The second-order valence-electron chi connectivity index (χ2n) is 7.17. The average molecular weight is 354 g/mol. The molecule has 0 unspecified atom stereocenters. The van der Waals surface area contributed by atoms with E-state index in [0.717, 1.165) is 25.3 Å². The van der Waals surface area contributed by atoms with Gasteiger partial charge >= 0.3 is 5.97 Å². The van der Waals surface area contributed by atoms with Crippen molar-refractivity contribution in [3.63, 3.8) is 0 Å². The van der Waals surface area contributed by atoms with E-state index in [0.29, 0.717) is 12.2 Å². The Bertz CT molecular complexity index is 756. The zero-order chi connectivity index (χ0) is 18.6. The van der Waals surface area contributed by atoms with Gasteiger partial charge < -0.3 is 19.7 Å². The Kier molecular flexibility index (Phi) is 5.35. The molecule has 5 nitrogen and oxygen atoms in total. The number of rotatable bonds is 6. The van der Waals surface area contributed by atoms with E-state index in [9.17, 15) is 4.79 Å². The third-order valence-electron chi connectivity index (χ3n) is 4.42. The highest BCUT2D eigenvalue weighted by Crippen LogP contribution is 2.34. The molecule has 2 aromatic rings. The van der Waals surface area contributed by atoms with Crippen LogP contribution in [0.3, 0.4) is 0 Å². The Hall–Kier alpha value is -2.69. The molecule has 0 radical (unpaired) electrons.